The summed E-state index contributed by atoms with van der Waals surface area (Å²) in [6.45, 7) is 11.0. The quantitative estimate of drug-likeness (QED) is 0.853. The first-order valence-corrected chi connectivity index (χ1v) is 7.59. The molecule has 0 amide bonds. The fourth-order valence-electron chi connectivity index (χ4n) is 2.61. The van der Waals surface area contributed by atoms with Gasteiger partial charge >= 0.3 is 0 Å². The normalized spacial score (nSPS) is 10.7. The van der Waals surface area contributed by atoms with Crippen LogP contribution in [0, 0.1) is 20.8 Å². The van der Waals surface area contributed by atoms with E-state index < -0.39 is 0 Å². The molecule has 0 aliphatic rings. The van der Waals surface area contributed by atoms with Gasteiger partial charge < -0.3 is 10.1 Å². The Morgan fingerprint density at radius 1 is 1.00 bits per heavy atom. The fourth-order valence-corrected chi connectivity index (χ4v) is 2.61. The van der Waals surface area contributed by atoms with Crippen LogP contribution in [0.1, 0.15) is 34.7 Å². The van der Waals surface area contributed by atoms with Gasteiger partial charge in [-0.1, -0.05) is 36.8 Å². The molecule has 2 aromatic carbocycles. The highest BCUT2D eigenvalue weighted by Gasteiger charge is 2.05. The molecule has 2 rings (SSSR count). The highest BCUT2D eigenvalue weighted by Crippen LogP contribution is 2.20. The van der Waals surface area contributed by atoms with Crippen molar-refractivity contribution in [1.82, 2.24) is 5.32 Å². The van der Waals surface area contributed by atoms with Crippen molar-refractivity contribution < 1.29 is 4.74 Å². The van der Waals surface area contributed by atoms with Gasteiger partial charge in [0, 0.05) is 6.54 Å². The third-order valence-electron chi connectivity index (χ3n) is 3.70. The van der Waals surface area contributed by atoms with E-state index in [1.807, 2.05) is 6.07 Å². The van der Waals surface area contributed by atoms with E-state index in [1.54, 1.807) is 0 Å². The number of ether oxygens (including phenoxy) is 1. The predicted molar refractivity (Wildman–Crippen MR) is 88.8 cm³/mol. The molecule has 0 aliphatic carbocycles. The zero-order chi connectivity index (χ0) is 15.2. The second-order valence-electron chi connectivity index (χ2n) is 5.59. The molecule has 2 aromatic rings. The van der Waals surface area contributed by atoms with Gasteiger partial charge in [0.05, 0.1) is 0 Å². The lowest BCUT2D eigenvalue weighted by Crippen LogP contribution is -2.11. The Balaban J connectivity index is 2.06. The Hall–Kier alpha value is -1.80. The third-order valence-corrected chi connectivity index (χ3v) is 3.70. The van der Waals surface area contributed by atoms with Crippen LogP contribution in [0.4, 0.5) is 0 Å². The average molecular weight is 283 g/mol. The van der Waals surface area contributed by atoms with Crippen molar-refractivity contribution in [3.8, 4) is 5.75 Å². The molecule has 0 aliphatic heterocycles. The largest absolute Gasteiger partial charge is 0.489 e. The smallest absolute Gasteiger partial charge is 0.120 e. The summed E-state index contributed by atoms with van der Waals surface area (Å²) in [7, 11) is 0. The number of nitrogens with one attached hydrogen (secondary N) is 1. The van der Waals surface area contributed by atoms with Crippen LogP contribution in [0.2, 0.25) is 0 Å². The first kappa shape index (κ1) is 15.6. The van der Waals surface area contributed by atoms with Gasteiger partial charge in [-0.05, 0) is 61.7 Å². The van der Waals surface area contributed by atoms with Crippen LogP contribution in [0.15, 0.2) is 36.4 Å². The van der Waals surface area contributed by atoms with E-state index in [1.165, 1.54) is 27.8 Å². The van der Waals surface area contributed by atoms with E-state index in [0.29, 0.717) is 6.61 Å². The lowest BCUT2D eigenvalue weighted by molar-refractivity contribution is 0.304. The van der Waals surface area contributed by atoms with Gasteiger partial charge in [0.2, 0.25) is 0 Å². The van der Waals surface area contributed by atoms with Crippen LogP contribution in [0.5, 0.6) is 5.75 Å². The fraction of sp³-hybridized carbons (Fsp3) is 0.368. The van der Waals surface area contributed by atoms with Crippen LogP contribution < -0.4 is 10.1 Å². The van der Waals surface area contributed by atoms with Crippen LogP contribution in [0.3, 0.4) is 0 Å². The Labute approximate surface area is 128 Å². The molecule has 0 spiro atoms. The molecule has 2 heteroatoms. The first-order chi connectivity index (χ1) is 10.1. The van der Waals surface area contributed by atoms with Crippen molar-refractivity contribution in [2.75, 3.05) is 6.54 Å². The summed E-state index contributed by atoms with van der Waals surface area (Å²) in [6.07, 6.45) is 0. The highest BCUT2D eigenvalue weighted by atomic mass is 16.5. The summed E-state index contributed by atoms with van der Waals surface area (Å²) in [5, 5.41) is 3.33. The van der Waals surface area contributed by atoms with E-state index in [-0.39, 0.29) is 0 Å². The molecule has 0 aromatic heterocycles. The van der Waals surface area contributed by atoms with Crippen molar-refractivity contribution >= 4 is 0 Å². The van der Waals surface area contributed by atoms with Gasteiger partial charge in [0.25, 0.3) is 0 Å². The standard InChI is InChI=1S/C19H25NO/c1-5-20-12-17-7-6-8-18(11-17)21-13-19-15(3)9-14(2)10-16(19)4/h6-11,20H,5,12-13H2,1-4H3. The summed E-state index contributed by atoms with van der Waals surface area (Å²) in [5.41, 5.74) is 6.46. The van der Waals surface area contributed by atoms with E-state index >= 15 is 0 Å². The zero-order valence-electron chi connectivity index (χ0n) is 13.5. The molecule has 0 fully saturated rings. The van der Waals surface area contributed by atoms with E-state index in [9.17, 15) is 0 Å². The Kier molecular flexibility index (Phi) is 5.40. The molecular formula is C19H25NO. The summed E-state index contributed by atoms with van der Waals surface area (Å²) in [5.74, 6) is 0.935. The summed E-state index contributed by atoms with van der Waals surface area (Å²) >= 11 is 0. The maximum absolute atomic E-state index is 5.99. The topological polar surface area (TPSA) is 21.3 Å². The molecule has 0 heterocycles. The number of rotatable bonds is 6. The zero-order valence-corrected chi connectivity index (χ0v) is 13.5. The second kappa shape index (κ2) is 7.28. The lowest BCUT2D eigenvalue weighted by Gasteiger charge is -2.13. The number of hydrogen-bond acceptors (Lipinski definition) is 2. The minimum Gasteiger partial charge on any atom is -0.489 e. The van der Waals surface area contributed by atoms with Gasteiger partial charge in [0.1, 0.15) is 12.4 Å². The summed E-state index contributed by atoms with van der Waals surface area (Å²) in [4.78, 5) is 0. The molecule has 0 bridgehead atoms. The summed E-state index contributed by atoms with van der Waals surface area (Å²) in [6, 6.07) is 12.7. The van der Waals surface area contributed by atoms with Crippen LogP contribution in [0.25, 0.3) is 0 Å². The Morgan fingerprint density at radius 2 is 1.71 bits per heavy atom. The second-order valence-corrected chi connectivity index (χ2v) is 5.59. The first-order valence-electron chi connectivity index (χ1n) is 7.59. The van der Waals surface area contributed by atoms with E-state index in [2.05, 4.69) is 63.3 Å². The van der Waals surface area contributed by atoms with E-state index in [0.717, 1.165) is 18.8 Å². The molecule has 112 valence electrons. The maximum Gasteiger partial charge on any atom is 0.120 e. The van der Waals surface area contributed by atoms with Crippen molar-refractivity contribution in [3.63, 3.8) is 0 Å². The van der Waals surface area contributed by atoms with Gasteiger partial charge in [0.15, 0.2) is 0 Å². The number of benzene rings is 2. The predicted octanol–water partition coefficient (Wildman–Crippen LogP) is 4.30. The van der Waals surface area contributed by atoms with E-state index in [4.69, 9.17) is 4.74 Å². The minimum atomic E-state index is 0.628. The van der Waals surface area contributed by atoms with Crippen LogP contribution in [-0.4, -0.2) is 6.54 Å². The van der Waals surface area contributed by atoms with Crippen LogP contribution in [-0.2, 0) is 13.2 Å². The number of aryl methyl sites for hydroxylation is 3. The Bertz CT molecular complexity index is 581. The Morgan fingerprint density at radius 3 is 2.38 bits per heavy atom. The molecule has 2 nitrogen and oxygen atoms in total. The molecule has 21 heavy (non-hydrogen) atoms. The van der Waals surface area contributed by atoms with Gasteiger partial charge in [-0.2, -0.15) is 0 Å². The van der Waals surface area contributed by atoms with Crippen molar-refractivity contribution in [1.29, 1.82) is 0 Å². The van der Waals surface area contributed by atoms with Gasteiger partial charge in [-0.15, -0.1) is 0 Å². The molecule has 0 saturated heterocycles. The van der Waals surface area contributed by atoms with Crippen LogP contribution >= 0.6 is 0 Å². The lowest BCUT2D eigenvalue weighted by atomic mass is 10.0. The van der Waals surface area contributed by atoms with Crippen molar-refractivity contribution in [2.45, 2.75) is 40.8 Å². The summed E-state index contributed by atoms with van der Waals surface area (Å²) < 4.78 is 5.99. The molecular weight excluding hydrogens is 258 g/mol. The minimum absolute atomic E-state index is 0.628. The van der Waals surface area contributed by atoms with Gasteiger partial charge in [-0.3, -0.25) is 0 Å². The molecule has 0 radical (unpaired) electrons. The van der Waals surface area contributed by atoms with Crippen molar-refractivity contribution in [3.05, 3.63) is 64.2 Å². The third kappa shape index (κ3) is 4.33. The SMILES string of the molecule is CCNCc1cccc(OCc2c(C)cc(C)cc2C)c1. The molecule has 0 saturated carbocycles. The van der Waals surface area contributed by atoms with Crippen molar-refractivity contribution in [2.24, 2.45) is 0 Å². The molecule has 0 atom stereocenters. The molecule has 0 unspecified atom stereocenters. The monoisotopic (exact) mass is 283 g/mol. The highest BCUT2D eigenvalue weighted by molar-refractivity contribution is 5.37. The number of hydrogen-bond donors (Lipinski definition) is 1. The maximum atomic E-state index is 5.99. The average Bonchev–Trinajstić information content (AvgIpc) is 2.44. The van der Waals surface area contributed by atoms with Gasteiger partial charge in [-0.25, -0.2) is 0 Å². The molecule has 1 N–H and O–H groups in total.